The molecule has 0 N–H and O–H groups in total. The number of piperazine rings is 1. The van der Waals surface area contributed by atoms with Gasteiger partial charge in [-0.25, -0.2) is 23.5 Å². The van der Waals surface area contributed by atoms with Crippen molar-refractivity contribution in [1.82, 2.24) is 24.4 Å². The summed E-state index contributed by atoms with van der Waals surface area (Å²) in [5.74, 6) is 0.371. The molecule has 248 valence electrons. The minimum absolute atomic E-state index is 0.00386. The first kappa shape index (κ1) is 32.9. The van der Waals surface area contributed by atoms with Gasteiger partial charge in [0.05, 0.1) is 27.5 Å². The highest BCUT2D eigenvalue weighted by atomic mass is 35.5. The largest absolute Gasteiger partial charge is 0.444 e. The third-order valence-electron chi connectivity index (χ3n) is 8.81. The van der Waals surface area contributed by atoms with E-state index in [2.05, 4.69) is 24.9 Å². The highest BCUT2D eigenvalue weighted by molar-refractivity contribution is 6.33. The first-order valence-corrected chi connectivity index (χ1v) is 16.7. The van der Waals surface area contributed by atoms with Crippen molar-refractivity contribution in [2.45, 2.75) is 97.8 Å². The molecule has 4 aromatic rings. The van der Waals surface area contributed by atoms with Crippen molar-refractivity contribution in [1.29, 1.82) is 0 Å². The van der Waals surface area contributed by atoms with Gasteiger partial charge in [0.15, 0.2) is 5.65 Å². The van der Waals surface area contributed by atoms with E-state index in [-0.39, 0.29) is 40.4 Å². The summed E-state index contributed by atoms with van der Waals surface area (Å²) < 4.78 is 22.3. The van der Waals surface area contributed by atoms with Crippen molar-refractivity contribution in [3.8, 4) is 16.9 Å². The number of anilines is 1. The van der Waals surface area contributed by atoms with Crippen molar-refractivity contribution < 1.29 is 13.9 Å². The fourth-order valence-corrected chi connectivity index (χ4v) is 6.62. The first-order valence-electron chi connectivity index (χ1n) is 16.3. The molecular weight excluding hydrogens is 619 g/mol. The molecule has 2 aliphatic rings. The molecule has 3 aromatic heterocycles. The number of ether oxygens (including phenoxy) is 1. The van der Waals surface area contributed by atoms with E-state index in [1.165, 1.54) is 10.6 Å². The van der Waals surface area contributed by atoms with Crippen LogP contribution < -0.4 is 10.6 Å². The molecule has 1 aliphatic heterocycles. The fourth-order valence-electron chi connectivity index (χ4n) is 6.36. The van der Waals surface area contributed by atoms with Crippen LogP contribution in [0.5, 0.6) is 0 Å². The lowest BCUT2D eigenvalue weighted by atomic mass is 10.0. The Balaban J connectivity index is 1.57. The zero-order valence-corrected chi connectivity index (χ0v) is 29.0. The Morgan fingerprint density at radius 3 is 2.38 bits per heavy atom. The summed E-state index contributed by atoms with van der Waals surface area (Å²) in [7, 11) is 0. The highest BCUT2D eigenvalue weighted by Gasteiger charge is 2.37. The number of carbonyl (C=O) groups is 1. The molecule has 11 heteroatoms. The maximum Gasteiger partial charge on any atom is 0.410 e. The highest BCUT2D eigenvalue weighted by Crippen LogP contribution is 2.42. The molecule has 47 heavy (non-hydrogen) atoms. The topological polar surface area (TPSA) is 93.5 Å². The molecule has 1 saturated heterocycles. The van der Waals surface area contributed by atoms with Crippen LogP contribution in [0.3, 0.4) is 0 Å². The maximum atomic E-state index is 15.1. The Kier molecular flexibility index (Phi) is 8.53. The quantitative estimate of drug-likeness (QED) is 0.216. The number of benzene rings is 1. The minimum atomic E-state index is -0.628. The van der Waals surface area contributed by atoms with Gasteiger partial charge < -0.3 is 14.5 Å². The van der Waals surface area contributed by atoms with Gasteiger partial charge in [0.2, 0.25) is 0 Å². The molecular formula is C36H42ClFN6O3. The van der Waals surface area contributed by atoms with Crippen LogP contribution in [0.2, 0.25) is 5.02 Å². The van der Waals surface area contributed by atoms with Crippen LogP contribution in [0.1, 0.15) is 90.1 Å². The minimum Gasteiger partial charge on any atom is -0.444 e. The molecule has 9 nitrogen and oxygen atoms in total. The summed E-state index contributed by atoms with van der Waals surface area (Å²) >= 11 is 6.88. The molecule has 1 amide bonds. The molecule has 6 rings (SSSR count). The summed E-state index contributed by atoms with van der Waals surface area (Å²) in [5, 5.41) is 0.770. The van der Waals surface area contributed by atoms with Gasteiger partial charge in [-0.05, 0) is 90.1 Å². The molecule has 1 saturated carbocycles. The summed E-state index contributed by atoms with van der Waals surface area (Å²) in [5.41, 5.74) is 2.94. The van der Waals surface area contributed by atoms with Crippen LogP contribution in [0.15, 0.2) is 41.2 Å². The number of nitrogens with zero attached hydrogens (tertiary/aromatic N) is 6. The van der Waals surface area contributed by atoms with Crippen LogP contribution >= 0.6 is 11.6 Å². The predicted molar refractivity (Wildman–Crippen MR) is 183 cm³/mol. The number of amides is 1. The standard InChI is InChI=1S/C36H42ClFN6O3/c1-19(2)29-31(20(3)15-28(39-29)23-13-14-23)44-33-25(16-26(37)30(40-33)24-11-9-10-12-27(24)38)32(41-34(44)45)42-17-22(5)43(18-21(42)4)35(46)47-36(6,7)8/h9-12,15-16,19,21-23H,13-14,17-18H2,1-8H3/t21-,22+/m0/s1. The van der Waals surface area contributed by atoms with E-state index in [1.54, 1.807) is 29.2 Å². The van der Waals surface area contributed by atoms with Crippen molar-refractivity contribution in [2.75, 3.05) is 18.0 Å². The van der Waals surface area contributed by atoms with Crippen LogP contribution in [0.25, 0.3) is 28.0 Å². The van der Waals surface area contributed by atoms with Gasteiger partial charge in [-0.3, -0.25) is 4.98 Å². The second-order valence-electron chi connectivity index (χ2n) is 14.2. The Bertz CT molecular complexity index is 1930. The van der Waals surface area contributed by atoms with Crippen LogP contribution in [0.4, 0.5) is 15.0 Å². The number of rotatable bonds is 5. The lowest BCUT2D eigenvalue weighted by molar-refractivity contribution is 0.0130. The molecule has 2 atom stereocenters. The number of hydrogen-bond donors (Lipinski definition) is 0. The number of halogens is 2. The molecule has 4 heterocycles. The van der Waals surface area contributed by atoms with E-state index in [0.29, 0.717) is 41.5 Å². The van der Waals surface area contributed by atoms with Crippen molar-refractivity contribution in [3.05, 3.63) is 74.7 Å². The van der Waals surface area contributed by atoms with Gasteiger partial charge in [-0.2, -0.15) is 4.98 Å². The molecule has 1 aromatic carbocycles. The molecule has 0 radical (unpaired) electrons. The number of carbonyl (C=O) groups excluding carboxylic acids is 1. The summed E-state index contributed by atoms with van der Waals surface area (Å²) in [6.07, 6.45) is 1.82. The average molecular weight is 661 g/mol. The van der Waals surface area contributed by atoms with E-state index in [4.69, 9.17) is 26.3 Å². The Morgan fingerprint density at radius 1 is 1.04 bits per heavy atom. The normalized spacial score (nSPS) is 18.7. The first-order chi connectivity index (χ1) is 22.1. The number of aryl methyl sites for hydroxylation is 1. The van der Waals surface area contributed by atoms with E-state index in [9.17, 15) is 9.59 Å². The summed E-state index contributed by atoms with van der Waals surface area (Å²) in [6.45, 7) is 16.3. The Morgan fingerprint density at radius 2 is 1.74 bits per heavy atom. The molecule has 0 unspecified atom stereocenters. The van der Waals surface area contributed by atoms with Crippen molar-refractivity contribution >= 4 is 34.5 Å². The molecule has 0 spiro atoms. The smallest absolute Gasteiger partial charge is 0.410 e. The van der Waals surface area contributed by atoms with E-state index < -0.39 is 17.1 Å². The van der Waals surface area contributed by atoms with E-state index >= 15 is 4.39 Å². The van der Waals surface area contributed by atoms with Crippen LogP contribution in [0, 0.1) is 12.7 Å². The number of fused-ring (bicyclic) bond motifs is 1. The van der Waals surface area contributed by atoms with Gasteiger partial charge >= 0.3 is 11.8 Å². The third kappa shape index (κ3) is 6.32. The van der Waals surface area contributed by atoms with Gasteiger partial charge in [0.1, 0.15) is 17.2 Å². The molecule has 1 aliphatic carbocycles. The van der Waals surface area contributed by atoms with Gasteiger partial charge in [-0.15, -0.1) is 0 Å². The molecule has 2 fully saturated rings. The monoisotopic (exact) mass is 660 g/mol. The fraction of sp³-hybridized carbons (Fsp3) is 0.472. The number of pyridine rings is 2. The lowest BCUT2D eigenvalue weighted by Gasteiger charge is -2.44. The predicted octanol–water partition coefficient (Wildman–Crippen LogP) is 7.78. The van der Waals surface area contributed by atoms with E-state index in [0.717, 1.165) is 29.8 Å². The Labute approximate surface area is 279 Å². The number of hydrogen-bond acceptors (Lipinski definition) is 7. The zero-order chi connectivity index (χ0) is 33.9. The average Bonchev–Trinajstić information content (AvgIpc) is 3.83. The van der Waals surface area contributed by atoms with Crippen LogP contribution in [-0.2, 0) is 4.74 Å². The lowest BCUT2D eigenvalue weighted by Crippen LogP contribution is -2.59. The van der Waals surface area contributed by atoms with Gasteiger partial charge in [0.25, 0.3) is 0 Å². The second kappa shape index (κ2) is 12.2. The SMILES string of the molecule is Cc1cc(C2CC2)nc(C(C)C)c1-n1c(=O)nc(N2C[C@@H](C)N(C(=O)OC(C)(C)C)C[C@@H]2C)c2cc(Cl)c(-c3ccccc3F)nc21. The van der Waals surface area contributed by atoms with Crippen molar-refractivity contribution in [2.24, 2.45) is 0 Å². The Hall–Kier alpha value is -4.05. The maximum absolute atomic E-state index is 15.1. The summed E-state index contributed by atoms with van der Waals surface area (Å²) in [4.78, 5) is 45.8. The molecule has 0 bridgehead atoms. The van der Waals surface area contributed by atoms with Gasteiger partial charge in [-0.1, -0.05) is 37.6 Å². The zero-order valence-electron chi connectivity index (χ0n) is 28.3. The number of aromatic nitrogens is 4. The van der Waals surface area contributed by atoms with Crippen LogP contribution in [-0.4, -0.2) is 61.3 Å². The third-order valence-corrected chi connectivity index (χ3v) is 9.10. The van der Waals surface area contributed by atoms with E-state index in [1.807, 2.05) is 46.4 Å². The summed E-state index contributed by atoms with van der Waals surface area (Å²) in [6, 6.07) is 9.62. The second-order valence-corrected chi connectivity index (χ2v) is 14.6. The van der Waals surface area contributed by atoms with Gasteiger partial charge in [0, 0.05) is 42.3 Å². The van der Waals surface area contributed by atoms with Crippen molar-refractivity contribution in [3.63, 3.8) is 0 Å².